The smallest absolute Gasteiger partial charge is 0.225 e. The third-order valence-electron chi connectivity index (χ3n) is 4.44. The van der Waals surface area contributed by atoms with Gasteiger partial charge in [0, 0.05) is 13.1 Å². The zero-order chi connectivity index (χ0) is 13.9. The van der Waals surface area contributed by atoms with Crippen LogP contribution >= 0.6 is 0 Å². The van der Waals surface area contributed by atoms with Gasteiger partial charge in [0.25, 0.3) is 0 Å². The van der Waals surface area contributed by atoms with Crippen molar-refractivity contribution in [2.45, 2.75) is 57.0 Å². The number of hydrogen-bond acceptors (Lipinski definition) is 3. The predicted octanol–water partition coefficient (Wildman–Crippen LogP) is 0.796. The van der Waals surface area contributed by atoms with Gasteiger partial charge in [0.15, 0.2) is 0 Å². The topological polar surface area (TPSA) is 83.6 Å². The number of hydrogen-bond donors (Lipinski definition) is 2. The van der Waals surface area contributed by atoms with Crippen LogP contribution in [0.3, 0.4) is 0 Å². The highest BCUT2D eigenvalue weighted by Crippen LogP contribution is 2.31. The van der Waals surface area contributed by atoms with E-state index in [1.54, 1.807) is 4.90 Å². The van der Waals surface area contributed by atoms with Gasteiger partial charge >= 0.3 is 0 Å². The van der Waals surface area contributed by atoms with Crippen molar-refractivity contribution in [1.82, 2.24) is 4.90 Å². The quantitative estimate of drug-likeness (QED) is 0.794. The molecule has 1 atom stereocenters. The maximum atomic E-state index is 12.3. The van der Waals surface area contributed by atoms with Gasteiger partial charge in [-0.2, -0.15) is 0 Å². The van der Waals surface area contributed by atoms with Gasteiger partial charge < -0.3 is 15.7 Å². The van der Waals surface area contributed by atoms with Gasteiger partial charge in [0.05, 0.1) is 17.9 Å². The summed E-state index contributed by atoms with van der Waals surface area (Å²) in [6.45, 7) is 1.10. The Balaban J connectivity index is 1.90. The van der Waals surface area contributed by atoms with Crippen LogP contribution < -0.4 is 5.73 Å². The number of amides is 2. The molecule has 1 unspecified atom stereocenters. The van der Waals surface area contributed by atoms with Gasteiger partial charge in [0.2, 0.25) is 11.8 Å². The Bertz CT molecular complexity index is 351. The SMILES string of the molecule is NC(=O)C1CCCN(C(=O)CC2(O)CCCCC2)C1. The highest BCUT2D eigenvalue weighted by atomic mass is 16.3. The van der Waals surface area contributed by atoms with E-state index in [-0.39, 0.29) is 24.2 Å². The summed E-state index contributed by atoms with van der Waals surface area (Å²) in [6, 6.07) is 0. The summed E-state index contributed by atoms with van der Waals surface area (Å²) in [6.07, 6.45) is 6.34. The van der Waals surface area contributed by atoms with Crippen molar-refractivity contribution in [3.8, 4) is 0 Å². The average Bonchev–Trinajstić information content (AvgIpc) is 2.39. The van der Waals surface area contributed by atoms with Crippen LogP contribution in [-0.2, 0) is 9.59 Å². The van der Waals surface area contributed by atoms with Gasteiger partial charge in [-0.05, 0) is 25.7 Å². The van der Waals surface area contributed by atoms with Gasteiger partial charge in [-0.25, -0.2) is 0 Å². The minimum absolute atomic E-state index is 0.0321. The largest absolute Gasteiger partial charge is 0.389 e. The van der Waals surface area contributed by atoms with Crippen molar-refractivity contribution >= 4 is 11.8 Å². The number of nitrogens with zero attached hydrogens (tertiary/aromatic N) is 1. The van der Waals surface area contributed by atoms with Gasteiger partial charge in [-0.1, -0.05) is 19.3 Å². The first-order valence-electron chi connectivity index (χ1n) is 7.30. The summed E-state index contributed by atoms with van der Waals surface area (Å²) >= 11 is 0. The van der Waals surface area contributed by atoms with Crippen LogP contribution in [0.1, 0.15) is 51.4 Å². The summed E-state index contributed by atoms with van der Waals surface area (Å²) in [7, 11) is 0. The number of likely N-dealkylation sites (tertiary alicyclic amines) is 1. The van der Waals surface area contributed by atoms with Crippen molar-refractivity contribution in [3.63, 3.8) is 0 Å². The van der Waals surface area contributed by atoms with Crippen molar-refractivity contribution in [2.75, 3.05) is 13.1 Å². The maximum absolute atomic E-state index is 12.3. The van der Waals surface area contributed by atoms with Gasteiger partial charge in [-0.3, -0.25) is 9.59 Å². The van der Waals surface area contributed by atoms with Crippen molar-refractivity contribution in [3.05, 3.63) is 0 Å². The lowest BCUT2D eigenvalue weighted by Crippen LogP contribution is -2.47. The molecule has 0 radical (unpaired) electrons. The van der Waals surface area contributed by atoms with E-state index < -0.39 is 5.60 Å². The maximum Gasteiger partial charge on any atom is 0.225 e. The zero-order valence-electron chi connectivity index (χ0n) is 11.4. The number of piperidine rings is 1. The van der Waals surface area contributed by atoms with Gasteiger partial charge in [-0.15, -0.1) is 0 Å². The first kappa shape index (κ1) is 14.3. The lowest BCUT2D eigenvalue weighted by molar-refractivity contribution is -0.140. The molecule has 0 spiro atoms. The molecule has 1 saturated heterocycles. The number of aliphatic hydroxyl groups is 1. The Labute approximate surface area is 114 Å². The molecule has 5 heteroatoms. The molecular weight excluding hydrogens is 244 g/mol. The summed E-state index contributed by atoms with van der Waals surface area (Å²) in [5, 5.41) is 10.4. The highest BCUT2D eigenvalue weighted by molar-refractivity contribution is 5.80. The molecule has 19 heavy (non-hydrogen) atoms. The Hall–Kier alpha value is -1.10. The molecule has 1 saturated carbocycles. The van der Waals surface area contributed by atoms with E-state index in [2.05, 4.69) is 0 Å². The molecule has 2 amide bonds. The molecule has 108 valence electrons. The monoisotopic (exact) mass is 268 g/mol. The molecule has 2 fully saturated rings. The molecule has 1 aliphatic carbocycles. The molecule has 2 rings (SSSR count). The lowest BCUT2D eigenvalue weighted by Gasteiger charge is -2.36. The fraction of sp³-hybridized carbons (Fsp3) is 0.857. The van der Waals surface area contributed by atoms with E-state index in [0.717, 1.165) is 32.1 Å². The summed E-state index contributed by atoms with van der Waals surface area (Å²) in [5.41, 5.74) is 4.49. The number of carbonyl (C=O) groups excluding carboxylic acids is 2. The van der Waals surface area contributed by atoms with E-state index in [9.17, 15) is 14.7 Å². The second-order valence-electron chi connectivity index (χ2n) is 6.04. The van der Waals surface area contributed by atoms with Crippen LogP contribution in [-0.4, -0.2) is 40.5 Å². The minimum atomic E-state index is -0.824. The summed E-state index contributed by atoms with van der Waals surface area (Å²) in [5.74, 6) is -0.581. The van der Waals surface area contributed by atoms with Crippen LogP contribution in [0.25, 0.3) is 0 Å². The Morgan fingerprint density at radius 3 is 2.53 bits per heavy atom. The molecule has 1 aliphatic heterocycles. The number of rotatable bonds is 3. The molecule has 0 bridgehead atoms. The number of carbonyl (C=O) groups is 2. The summed E-state index contributed by atoms with van der Waals surface area (Å²) < 4.78 is 0. The van der Waals surface area contributed by atoms with Crippen LogP contribution in [0, 0.1) is 5.92 Å². The third-order valence-corrected chi connectivity index (χ3v) is 4.44. The first-order valence-corrected chi connectivity index (χ1v) is 7.30. The standard InChI is InChI=1S/C14H24N2O3/c15-13(18)11-5-4-8-16(10-11)12(17)9-14(19)6-2-1-3-7-14/h11,19H,1-10H2,(H2,15,18). The first-order chi connectivity index (χ1) is 9.00. The fourth-order valence-corrected chi connectivity index (χ4v) is 3.22. The summed E-state index contributed by atoms with van der Waals surface area (Å²) in [4.78, 5) is 25.2. The molecule has 5 nitrogen and oxygen atoms in total. The molecule has 1 heterocycles. The highest BCUT2D eigenvalue weighted by Gasteiger charge is 2.35. The second-order valence-corrected chi connectivity index (χ2v) is 6.04. The van der Waals surface area contributed by atoms with E-state index in [1.165, 1.54) is 0 Å². The zero-order valence-corrected chi connectivity index (χ0v) is 11.4. The van der Waals surface area contributed by atoms with Crippen LogP contribution in [0.4, 0.5) is 0 Å². The van der Waals surface area contributed by atoms with Crippen LogP contribution in [0.15, 0.2) is 0 Å². The molecular formula is C14H24N2O3. The molecule has 2 aliphatic rings. The van der Waals surface area contributed by atoms with E-state index >= 15 is 0 Å². The fourth-order valence-electron chi connectivity index (χ4n) is 3.22. The van der Waals surface area contributed by atoms with E-state index in [1.807, 2.05) is 0 Å². The lowest BCUT2D eigenvalue weighted by atomic mass is 9.82. The third kappa shape index (κ3) is 3.69. The van der Waals surface area contributed by atoms with Crippen LogP contribution in [0.5, 0.6) is 0 Å². The van der Waals surface area contributed by atoms with Crippen molar-refractivity contribution < 1.29 is 14.7 Å². The predicted molar refractivity (Wildman–Crippen MR) is 71.2 cm³/mol. The van der Waals surface area contributed by atoms with E-state index in [4.69, 9.17) is 5.73 Å². The minimum Gasteiger partial charge on any atom is -0.389 e. The Kier molecular flexibility index (Phi) is 4.45. The molecule has 0 aromatic heterocycles. The normalized spacial score (nSPS) is 27.0. The van der Waals surface area contributed by atoms with Crippen molar-refractivity contribution in [2.24, 2.45) is 11.7 Å². The van der Waals surface area contributed by atoms with E-state index in [0.29, 0.717) is 25.9 Å². The Morgan fingerprint density at radius 1 is 1.21 bits per heavy atom. The molecule has 0 aromatic carbocycles. The molecule has 3 N–H and O–H groups in total. The number of nitrogens with two attached hydrogens (primary N) is 1. The van der Waals surface area contributed by atoms with Crippen LogP contribution in [0.2, 0.25) is 0 Å². The van der Waals surface area contributed by atoms with Crippen molar-refractivity contribution in [1.29, 1.82) is 0 Å². The van der Waals surface area contributed by atoms with Gasteiger partial charge in [0.1, 0.15) is 0 Å². The average molecular weight is 268 g/mol. The number of primary amides is 1. The molecule has 0 aromatic rings. The Morgan fingerprint density at radius 2 is 1.89 bits per heavy atom. The second kappa shape index (κ2) is 5.90.